The minimum Gasteiger partial charge on any atom is -0.394 e. The van der Waals surface area contributed by atoms with Crippen molar-refractivity contribution in [3.05, 3.63) is 109 Å². The lowest BCUT2D eigenvalue weighted by atomic mass is 10.0. The molecule has 0 aliphatic carbocycles. The van der Waals surface area contributed by atoms with E-state index < -0.39 is 12.1 Å². The first kappa shape index (κ1) is 75.0. The van der Waals surface area contributed by atoms with Gasteiger partial charge in [-0.05, 0) is 83.5 Å². The van der Waals surface area contributed by atoms with Gasteiger partial charge in [-0.2, -0.15) is 0 Å². The number of rotatable bonds is 62. The van der Waals surface area contributed by atoms with E-state index in [0.29, 0.717) is 12.8 Å². The van der Waals surface area contributed by atoms with Crippen LogP contribution in [0.25, 0.3) is 0 Å². The number of unbranched alkanes of at least 4 members (excludes halogenated alkanes) is 37. The van der Waals surface area contributed by atoms with Gasteiger partial charge >= 0.3 is 0 Å². The van der Waals surface area contributed by atoms with E-state index in [2.05, 4.69) is 129 Å². The molecule has 0 aromatic rings. The second-order valence-corrected chi connectivity index (χ2v) is 22.9. The van der Waals surface area contributed by atoms with E-state index in [-0.39, 0.29) is 12.5 Å². The molecule has 4 heteroatoms. The fourth-order valence-corrected chi connectivity index (χ4v) is 10.2. The molecule has 0 saturated carbocycles. The van der Waals surface area contributed by atoms with E-state index in [9.17, 15) is 15.0 Å². The molecule has 78 heavy (non-hydrogen) atoms. The van der Waals surface area contributed by atoms with Gasteiger partial charge in [0.25, 0.3) is 0 Å². The highest BCUT2D eigenvalue weighted by Crippen LogP contribution is 2.18. The van der Waals surface area contributed by atoms with Gasteiger partial charge in [0.05, 0.1) is 18.8 Å². The van der Waals surface area contributed by atoms with E-state index in [1.165, 1.54) is 225 Å². The molecule has 0 aliphatic rings. The number of carbonyl (C=O) groups is 1. The van der Waals surface area contributed by atoms with E-state index in [1.54, 1.807) is 0 Å². The first-order chi connectivity index (χ1) is 38.7. The molecule has 0 bridgehead atoms. The molecule has 0 rings (SSSR count). The average molecular weight is 1080 g/mol. The molecule has 2 atom stereocenters. The molecule has 2 unspecified atom stereocenters. The summed E-state index contributed by atoms with van der Waals surface area (Å²) >= 11 is 0. The van der Waals surface area contributed by atoms with Gasteiger partial charge in [0.2, 0.25) is 5.91 Å². The second kappa shape index (κ2) is 68.3. The maximum absolute atomic E-state index is 12.6. The van der Waals surface area contributed by atoms with Crippen molar-refractivity contribution in [1.82, 2.24) is 5.32 Å². The first-order valence-electron chi connectivity index (χ1n) is 34.1. The summed E-state index contributed by atoms with van der Waals surface area (Å²) in [5.41, 5.74) is 0. The minimum absolute atomic E-state index is 0.0343. The van der Waals surface area contributed by atoms with Crippen molar-refractivity contribution >= 4 is 5.91 Å². The predicted molar refractivity (Wildman–Crippen MR) is 349 cm³/mol. The summed E-state index contributed by atoms with van der Waals surface area (Å²) in [4.78, 5) is 12.6. The van der Waals surface area contributed by atoms with Crippen molar-refractivity contribution in [3.8, 4) is 0 Å². The molecule has 0 aromatic heterocycles. The monoisotopic (exact) mass is 1080 g/mol. The molecule has 0 radical (unpaired) electrons. The van der Waals surface area contributed by atoms with Crippen LogP contribution in [0.1, 0.15) is 335 Å². The maximum atomic E-state index is 12.6. The van der Waals surface area contributed by atoms with Crippen molar-refractivity contribution in [1.29, 1.82) is 0 Å². The summed E-state index contributed by atoms with van der Waals surface area (Å²) in [6.07, 6.45) is 103. The van der Waals surface area contributed by atoms with Crippen molar-refractivity contribution in [3.63, 3.8) is 0 Å². The van der Waals surface area contributed by atoms with E-state index >= 15 is 0 Å². The smallest absolute Gasteiger partial charge is 0.220 e. The van der Waals surface area contributed by atoms with Crippen LogP contribution in [0.15, 0.2) is 109 Å². The number of hydrogen-bond acceptors (Lipinski definition) is 3. The number of nitrogens with one attached hydrogen (secondary N) is 1. The zero-order valence-corrected chi connectivity index (χ0v) is 51.9. The summed E-state index contributed by atoms with van der Waals surface area (Å²) < 4.78 is 0. The molecular formula is C74H131NO3. The highest BCUT2D eigenvalue weighted by Gasteiger charge is 2.20. The molecule has 0 spiro atoms. The Morgan fingerprint density at radius 3 is 0.846 bits per heavy atom. The molecule has 450 valence electrons. The van der Waals surface area contributed by atoms with Crippen LogP contribution in [0.2, 0.25) is 0 Å². The third kappa shape index (κ3) is 63.9. The number of aliphatic hydroxyl groups excluding tert-OH is 2. The Bertz CT molecular complexity index is 1460. The van der Waals surface area contributed by atoms with Crippen molar-refractivity contribution in [2.24, 2.45) is 0 Å². The zero-order chi connectivity index (χ0) is 56.2. The van der Waals surface area contributed by atoms with Crippen LogP contribution in [0.5, 0.6) is 0 Å². The highest BCUT2D eigenvalue weighted by atomic mass is 16.3. The van der Waals surface area contributed by atoms with E-state index in [4.69, 9.17) is 0 Å². The van der Waals surface area contributed by atoms with Crippen LogP contribution in [0.3, 0.4) is 0 Å². The topological polar surface area (TPSA) is 69.6 Å². The molecule has 4 nitrogen and oxygen atoms in total. The quantitative estimate of drug-likeness (QED) is 0.0420. The average Bonchev–Trinajstić information content (AvgIpc) is 3.44. The van der Waals surface area contributed by atoms with Crippen LogP contribution in [0, 0.1) is 0 Å². The number of amides is 1. The van der Waals surface area contributed by atoms with Crippen molar-refractivity contribution in [2.45, 2.75) is 347 Å². The van der Waals surface area contributed by atoms with Gasteiger partial charge in [0.1, 0.15) is 0 Å². The fraction of sp³-hybridized carbons (Fsp3) is 0.743. The van der Waals surface area contributed by atoms with Crippen LogP contribution in [-0.2, 0) is 4.79 Å². The normalized spacial score (nSPS) is 13.4. The Morgan fingerprint density at radius 1 is 0.321 bits per heavy atom. The van der Waals surface area contributed by atoms with Gasteiger partial charge in [0, 0.05) is 6.42 Å². The van der Waals surface area contributed by atoms with Gasteiger partial charge < -0.3 is 15.5 Å². The van der Waals surface area contributed by atoms with Crippen molar-refractivity contribution < 1.29 is 15.0 Å². The Morgan fingerprint density at radius 2 is 0.564 bits per heavy atom. The SMILES string of the molecule is CC/C=C\C/C=C\C/C=C\C/C=C\C/C=C\C/C=C\C/C=C\C/C=C\C/C=C\CCCCCCCCCCCCCC(=O)NC(CO)C(O)CCCCCCCCCCCCCCCCCCCCCCCCCCCCC. The highest BCUT2D eigenvalue weighted by molar-refractivity contribution is 5.76. The Balaban J connectivity index is 3.51. The minimum atomic E-state index is -0.669. The summed E-state index contributed by atoms with van der Waals surface area (Å²) in [5.74, 6) is -0.0343. The summed E-state index contributed by atoms with van der Waals surface area (Å²) in [7, 11) is 0. The second-order valence-electron chi connectivity index (χ2n) is 22.9. The largest absolute Gasteiger partial charge is 0.394 e. The van der Waals surface area contributed by atoms with Crippen LogP contribution < -0.4 is 5.32 Å². The molecule has 0 fully saturated rings. The van der Waals surface area contributed by atoms with Crippen LogP contribution >= 0.6 is 0 Å². The van der Waals surface area contributed by atoms with Crippen LogP contribution in [-0.4, -0.2) is 34.9 Å². The molecular weight excluding hydrogens is 951 g/mol. The fourth-order valence-electron chi connectivity index (χ4n) is 10.2. The zero-order valence-electron chi connectivity index (χ0n) is 51.9. The van der Waals surface area contributed by atoms with Gasteiger partial charge in [-0.3, -0.25) is 4.79 Å². The summed E-state index contributed by atoms with van der Waals surface area (Å²) in [5, 5.41) is 23.5. The van der Waals surface area contributed by atoms with E-state index in [1.807, 2.05) is 0 Å². The third-order valence-electron chi connectivity index (χ3n) is 15.3. The lowest BCUT2D eigenvalue weighted by molar-refractivity contribution is -0.123. The molecule has 0 aliphatic heterocycles. The Hall–Kier alpha value is -2.95. The molecule has 0 saturated heterocycles. The Labute approximate surface area is 486 Å². The standard InChI is InChI=1S/C74H131NO3/c1-3-5-7-9-11-13-15-17-19-21-23-25-27-29-31-32-33-34-35-36-37-38-39-40-41-42-44-46-48-50-52-54-56-58-60-62-64-66-68-70-74(78)75-72(71-76)73(77)69-67-65-63-61-59-57-55-53-51-49-47-45-43-30-28-26-24-22-20-18-16-14-12-10-8-6-4-2/h5,7,11,13,17,19,23,25,29,31,33-34,36-37,39-40,42,44,72-73,76-77H,3-4,6,8-10,12,14-16,18,20-22,24,26-28,30,32,35,38,41,43,45-71H2,1-2H3,(H,75,78)/b7-5-,13-11-,19-17-,25-23-,31-29-,34-33-,37-36-,40-39-,44-42-. The lowest BCUT2D eigenvalue weighted by Gasteiger charge is -2.22. The number of hydrogen-bond donors (Lipinski definition) is 3. The number of allylic oxidation sites excluding steroid dienone is 18. The van der Waals surface area contributed by atoms with Gasteiger partial charge in [0.15, 0.2) is 0 Å². The third-order valence-corrected chi connectivity index (χ3v) is 15.3. The van der Waals surface area contributed by atoms with Gasteiger partial charge in [-0.25, -0.2) is 0 Å². The first-order valence-corrected chi connectivity index (χ1v) is 34.1. The van der Waals surface area contributed by atoms with Gasteiger partial charge in [-0.15, -0.1) is 0 Å². The maximum Gasteiger partial charge on any atom is 0.220 e. The predicted octanol–water partition coefficient (Wildman–Crippen LogP) is 23.4. The van der Waals surface area contributed by atoms with E-state index in [0.717, 1.165) is 83.5 Å². The summed E-state index contributed by atoms with van der Waals surface area (Å²) in [6.45, 7) is 4.27. The molecule has 1 amide bonds. The lowest BCUT2D eigenvalue weighted by Crippen LogP contribution is -2.45. The molecule has 0 heterocycles. The number of carbonyl (C=O) groups excluding carboxylic acids is 1. The molecule has 3 N–H and O–H groups in total. The van der Waals surface area contributed by atoms with Crippen LogP contribution in [0.4, 0.5) is 0 Å². The van der Waals surface area contributed by atoms with Crippen molar-refractivity contribution in [2.75, 3.05) is 6.61 Å². The Kier molecular flexibility index (Phi) is 65.7. The van der Waals surface area contributed by atoms with Gasteiger partial charge in [-0.1, -0.05) is 354 Å². The summed E-state index contributed by atoms with van der Waals surface area (Å²) in [6, 6.07) is -0.546. The molecule has 0 aromatic carbocycles. The number of aliphatic hydroxyl groups is 2.